The summed E-state index contributed by atoms with van der Waals surface area (Å²) < 4.78 is 9.86. The van der Waals surface area contributed by atoms with Gasteiger partial charge in [-0.2, -0.15) is 0 Å². The molecular formula is C14H23NO6. The number of carbonyl (C=O) groups is 3. The van der Waals surface area contributed by atoms with Gasteiger partial charge in [0.05, 0.1) is 13.2 Å². The molecule has 1 saturated carbocycles. The smallest absolute Gasteiger partial charge is 0.326 e. The van der Waals surface area contributed by atoms with Gasteiger partial charge in [-0.1, -0.05) is 0 Å². The highest BCUT2D eigenvalue weighted by atomic mass is 16.5. The van der Waals surface area contributed by atoms with Crippen LogP contribution in [0.2, 0.25) is 0 Å². The number of aliphatic carboxylic acids is 1. The molecule has 1 rings (SSSR count). The van der Waals surface area contributed by atoms with Crippen molar-refractivity contribution in [3.8, 4) is 0 Å². The van der Waals surface area contributed by atoms with Gasteiger partial charge in [-0.3, -0.25) is 9.59 Å². The van der Waals surface area contributed by atoms with Gasteiger partial charge in [-0.15, -0.1) is 0 Å². The Morgan fingerprint density at radius 3 is 2.52 bits per heavy atom. The lowest BCUT2D eigenvalue weighted by Crippen LogP contribution is -2.43. The van der Waals surface area contributed by atoms with Crippen LogP contribution in [0, 0.1) is 5.92 Å². The zero-order valence-corrected chi connectivity index (χ0v) is 12.5. The fraction of sp³-hybridized carbons (Fsp3) is 0.786. The third-order valence-corrected chi connectivity index (χ3v) is 3.57. The van der Waals surface area contributed by atoms with E-state index >= 15 is 0 Å². The van der Waals surface area contributed by atoms with Crippen LogP contribution in [0.15, 0.2) is 0 Å². The molecule has 0 saturated heterocycles. The number of carboxylic acids is 1. The summed E-state index contributed by atoms with van der Waals surface area (Å²) in [6.07, 6.45) is 2.18. The van der Waals surface area contributed by atoms with E-state index in [0.29, 0.717) is 13.0 Å². The van der Waals surface area contributed by atoms with Crippen molar-refractivity contribution >= 4 is 17.8 Å². The summed E-state index contributed by atoms with van der Waals surface area (Å²) in [5.41, 5.74) is 0. The fourth-order valence-corrected chi connectivity index (χ4v) is 2.35. The van der Waals surface area contributed by atoms with Crippen molar-refractivity contribution in [2.75, 3.05) is 13.7 Å². The summed E-state index contributed by atoms with van der Waals surface area (Å²) in [7, 11) is 1.24. The Hall–Kier alpha value is -1.63. The monoisotopic (exact) mass is 301 g/mol. The minimum Gasteiger partial charge on any atom is -0.480 e. The molecule has 0 spiro atoms. The first kappa shape index (κ1) is 17.4. The van der Waals surface area contributed by atoms with E-state index in [9.17, 15) is 14.4 Å². The number of amides is 1. The molecule has 0 heterocycles. The summed E-state index contributed by atoms with van der Waals surface area (Å²) in [4.78, 5) is 33.9. The summed E-state index contributed by atoms with van der Waals surface area (Å²) in [6.45, 7) is 2.59. The summed E-state index contributed by atoms with van der Waals surface area (Å²) in [5.74, 6) is -1.69. The van der Waals surface area contributed by atoms with Crippen molar-refractivity contribution in [1.82, 2.24) is 5.32 Å². The molecule has 2 N–H and O–H groups in total. The summed E-state index contributed by atoms with van der Waals surface area (Å²) in [5, 5.41) is 11.5. The summed E-state index contributed by atoms with van der Waals surface area (Å²) in [6, 6.07) is -1.06. The molecule has 7 nitrogen and oxygen atoms in total. The third kappa shape index (κ3) is 6.12. The molecule has 1 fully saturated rings. The number of esters is 1. The Kier molecular flexibility index (Phi) is 7.14. The Morgan fingerprint density at radius 1 is 1.33 bits per heavy atom. The molecule has 7 heteroatoms. The maximum atomic E-state index is 11.8. The van der Waals surface area contributed by atoms with Crippen LogP contribution >= 0.6 is 0 Å². The average Bonchev–Trinajstić information content (AvgIpc) is 2.40. The molecule has 120 valence electrons. The van der Waals surface area contributed by atoms with E-state index in [1.54, 1.807) is 0 Å². The van der Waals surface area contributed by atoms with Gasteiger partial charge in [0, 0.05) is 19.4 Å². The highest BCUT2D eigenvalue weighted by Crippen LogP contribution is 2.32. The Labute approximate surface area is 124 Å². The highest BCUT2D eigenvalue weighted by molar-refractivity contribution is 5.84. The van der Waals surface area contributed by atoms with E-state index in [0.717, 1.165) is 12.8 Å². The Morgan fingerprint density at radius 2 is 2.00 bits per heavy atom. The van der Waals surface area contributed by atoms with Gasteiger partial charge >= 0.3 is 11.9 Å². The van der Waals surface area contributed by atoms with Crippen molar-refractivity contribution in [2.45, 2.75) is 51.2 Å². The number of ether oxygens (including phenoxy) is 2. The van der Waals surface area contributed by atoms with Gasteiger partial charge < -0.3 is 19.9 Å². The fourth-order valence-electron chi connectivity index (χ4n) is 2.35. The minimum atomic E-state index is -1.15. The van der Waals surface area contributed by atoms with Gasteiger partial charge in [0.15, 0.2) is 0 Å². The van der Waals surface area contributed by atoms with Crippen LogP contribution in [0.4, 0.5) is 0 Å². The number of nitrogens with one attached hydrogen (secondary N) is 1. The maximum Gasteiger partial charge on any atom is 0.326 e. The van der Waals surface area contributed by atoms with Gasteiger partial charge in [0.2, 0.25) is 5.91 Å². The second-order valence-corrected chi connectivity index (χ2v) is 5.19. The van der Waals surface area contributed by atoms with E-state index in [1.807, 2.05) is 6.92 Å². The number of hydrogen-bond donors (Lipinski definition) is 2. The zero-order chi connectivity index (χ0) is 15.8. The number of hydrogen-bond acceptors (Lipinski definition) is 5. The van der Waals surface area contributed by atoms with Crippen molar-refractivity contribution in [2.24, 2.45) is 5.92 Å². The molecule has 0 aromatic rings. The van der Waals surface area contributed by atoms with Crippen molar-refractivity contribution in [3.05, 3.63) is 0 Å². The molecule has 1 aliphatic carbocycles. The lowest BCUT2D eigenvalue weighted by Gasteiger charge is -2.34. The van der Waals surface area contributed by atoms with Crippen molar-refractivity contribution in [3.63, 3.8) is 0 Å². The highest BCUT2D eigenvalue weighted by Gasteiger charge is 2.32. The number of carboxylic acid groups (broad SMARTS) is 1. The molecule has 0 aromatic carbocycles. The first-order valence-corrected chi connectivity index (χ1v) is 7.16. The van der Waals surface area contributed by atoms with Crippen LogP contribution < -0.4 is 5.32 Å². The van der Waals surface area contributed by atoms with Crippen LogP contribution in [0.25, 0.3) is 0 Å². The zero-order valence-electron chi connectivity index (χ0n) is 12.5. The Bertz CT molecular complexity index is 378. The van der Waals surface area contributed by atoms with E-state index in [4.69, 9.17) is 9.84 Å². The third-order valence-electron chi connectivity index (χ3n) is 3.57. The minimum absolute atomic E-state index is 0.0278. The molecule has 0 aromatic heterocycles. The average molecular weight is 301 g/mol. The lowest BCUT2D eigenvalue weighted by molar-refractivity contribution is -0.144. The van der Waals surface area contributed by atoms with E-state index in [2.05, 4.69) is 10.1 Å². The standard InChI is InChI=1S/C14H23NO6/c1-3-21-10-6-9(7-10)8-12(16)15-11(14(18)19)4-5-13(17)20-2/h9-11H,3-8H2,1-2H3,(H,15,16)(H,18,19)/t9?,10?,11-/m0/s1. The maximum absolute atomic E-state index is 11.8. The van der Waals surface area contributed by atoms with Gasteiger partial charge in [0.25, 0.3) is 0 Å². The van der Waals surface area contributed by atoms with Crippen molar-refractivity contribution in [1.29, 1.82) is 0 Å². The first-order valence-electron chi connectivity index (χ1n) is 7.16. The molecule has 1 aliphatic rings. The molecular weight excluding hydrogens is 278 g/mol. The molecule has 1 atom stereocenters. The molecule has 0 bridgehead atoms. The number of rotatable bonds is 9. The molecule has 0 radical (unpaired) electrons. The topological polar surface area (TPSA) is 102 Å². The lowest BCUT2D eigenvalue weighted by atomic mass is 9.80. The van der Waals surface area contributed by atoms with Crippen LogP contribution in [0.5, 0.6) is 0 Å². The molecule has 0 unspecified atom stereocenters. The second kappa shape index (κ2) is 8.61. The Balaban J connectivity index is 2.29. The van der Waals surface area contributed by atoms with Gasteiger partial charge in [0.1, 0.15) is 6.04 Å². The SMILES string of the molecule is CCOC1CC(CC(=O)N[C@@H](CCC(=O)OC)C(=O)O)C1. The number of methoxy groups -OCH3 is 1. The quantitative estimate of drug-likeness (QED) is 0.608. The van der Waals surface area contributed by atoms with Crippen LogP contribution in [-0.2, 0) is 23.9 Å². The summed E-state index contributed by atoms with van der Waals surface area (Å²) >= 11 is 0. The van der Waals surface area contributed by atoms with Gasteiger partial charge in [-0.05, 0) is 32.1 Å². The number of carbonyl (C=O) groups excluding carboxylic acids is 2. The predicted molar refractivity (Wildman–Crippen MR) is 73.6 cm³/mol. The molecule has 21 heavy (non-hydrogen) atoms. The molecule has 0 aliphatic heterocycles. The normalized spacial score (nSPS) is 22.0. The second-order valence-electron chi connectivity index (χ2n) is 5.19. The van der Waals surface area contributed by atoms with Crippen LogP contribution in [-0.4, -0.2) is 48.8 Å². The first-order chi connectivity index (χ1) is 9.96. The van der Waals surface area contributed by atoms with Crippen LogP contribution in [0.3, 0.4) is 0 Å². The van der Waals surface area contributed by atoms with E-state index < -0.39 is 18.0 Å². The predicted octanol–water partition coefficient (Wildman–Crippen LogP) is 0.714. The van der Waals surface area contributed by atoms with E-state index in [1.165, 1.54) is 7.11 Å². The van der Waals surface area contributed by atoms with E-state index in [-0.39, 0.29) is 30.8 Å². The largest absolute Gasteiger partial charge is 0.480 e. The van der Waals surface area contributed by atoms with Gasteiger partial charge in [-0.25, -0.2) is 4.79 Å². The molecule has 1 amide bonds. The van der Waals surface area contributed by atoms with Crippen molar-refractivity contribution < 1.29 is 29.0 Å². The van der Waals surface area contributed by atoms with Crippen LogP contribution in [0.1, 0.15) is 39.0 Å².